The van der Waals surface area contributed by atoms with Crippen molar-refractivity contribution in [2.45, 2.75) is 51.5 Å². The summed E-state index contributed by atoms with van der Waals surface area (Å²) in [6.45, 7) is 2.00. The molecule has 3 rings (SSSR count). The molecule has 7 heteroatoms. The van der Waals surface area contributed by atoms with E-state index >= 15 is 0 Å². The van der Waals surface area contributed by atoms with Crippen LogP contribution in [0.1, 0.15) is 53.5 Å². The number of nitrogens with two attached hydrogens (primary N) is 1. The topological polar surface area (TPSA) is 80.9 Å². The average Bonchev–Trinajstić information content (AvgIpc) is 3.11. The molecule has 0 fully saturated rings. The molecule has 0 saturated carbocycles. The molecule has 0 radical (unpaired) electrons. The normalized spacial score (nSPS) is 15.3. The van der Waals surface area contributed by atoms with E-state index in [4.69, 9.17) is 10.7 Å². The third kappa shape index (κ3) is 3.64. The lowest BCUT2D eigenvalue weighted by molar-refractivity contribution is -0.121. The third-order valence-electron chi connectivity index (χ3n) is 3.79. The van der Waals surface area contributed by atoms with Crippen molar-refractivity contribution in [2.75, 3.05) is 5.73 Å². The van der Waals surface area contributed by atoms with Crippen molar-refractivity contribution in [3.8, 4) is 0 Å². The Morgan fingerprint density at radius 3 is 2.95 bits per heavy atom. The molecule has 0 unspecified atom stereocenters. The van der Waals surface area contributed by atoms with Crippen molar-refractivity contribution in [1.29, 1.82) is 0 Å². The molecule has 2 heterocycles. The second kappa shape index (κ2) is 6.75. The maximum absolute atomic E-state index is 12.1. The zero-order valence-electron chi connectivity index (χ0n) is 12.6. The first kappa shape index (κ1) is 15.4. The molecule has 22 heavy (non-hydrogen) atoms. The minimum Gasteiger partial charge on any atom is -0.375 e. The second-order valence-electron chi connectivity index (χ2n) is 5.60. The van der Waals surface area contributed by atoms with Crippen LogP contribution >= 0.6 is 22.7 Å². The quantitative estimate of drug-likeness (QED) is 0.880. The van der Waals surface area contributed by atoms with Gasteiger partial charge in [-0.3, -0.25) is 4.79 Å². The van der Waals surface area contributed by atoms with Crippen LogP contribution < -0.4 is 11.1 Å². The zero-order chi connectivity index (χ0) is 15.5. The summed E-state index contributed by atoms with van der Waals surface area (Å²) in [5.74, 6) is 0.0345. The predicted molar refractivity (Wildman–Crippen MR) is 90.2 cm³/mol. The maximum Gasteiger partial charge on any atom is 0.220 e. The largest absolute Gasteiger partial charge is 0.375 e. The Hall–Kier alpha value is -1.47. The number of fused-ring (bicyclic) bond motifs is 1. The van der Waals surface area contributed by atoms with Crippen LogP contribution in [0.3, 0.4) is 0 Å². The molecule has 1 aliphatic carbocycles. The van der Waals surface area contributed by atoms with Crippen molar-refractivity contribution in [1.82, 2.24) is 15.3 Å². The number of hydrogen-bond acceptors (Lipinski definition) is 6. The number of rotatable bonds is 5. The minimum atomic E-state index is -0.0244. The number of aryl methyl sites for hydroxylation is 3. The lowest BCUT2D eigenvalue weighted by Gasteiger charge is -2.10. The fourth-order valence-corrected chi connectivity index (χ4v) is 4.36. The summed E-state index contributed by atoms with van der Waals surface area (Å²) in [6, 6.07) is -0.0244. The highest BCUT2D eigenvalue weighted by molar-refractivity contribution is 7.13. The molecule has 0 saturated heterocycles. The molecular formula is C15H20N4OS2. The van der Waals surface area contributed by atoms with E-state index in [9.17, 15) is 4.79 Å². The van der Waals surface area contributed by atoms with Crippen molar-refractivity contribution < 1.29 is 4.79 Å². The van der Waals surface area contributed by atoms with Gasteiger partial charge in [-0.05, 0) is 39.0 Å². The summed E-state index contributed by atoms with van der Waals surface area (Å²) in [5, 5.41) is 6.52. The Labute approximate surface area is 138 Å². The molecular weight excluding hydrogens is 316 g/mol. The highest BCUT2D eigenvalue weighted by atomic mass is 32.1. The number of thiazole rings is 2. The van der Waals surface area contributed by atoms with Gasteiger partial charge in [-0.15, -0.1) is 22.7 Å². The first-order chi connectivity index (χ1) is 10.6. The number of aromatic nitrogens is 2. The van der Waals surface area contributed by atoms with Gasteiger partial charge in [-0.2, -0.15) is 0 Å². The van der Waals surface area contributed by atoms with Crippen LogP contribution in [0, 0.1) is 0 Å². The van der Waals surface area contributed by atoms with Crippen LogP contribution in [0.2, 0.25) is 0 Å². The molecule has 5 nitrogen and oxygen atoms in total. The number of nitrogens with one attached hydrogen (secondary N) is 1. The SMILES string of the molecule is C[C@@H](NC(=O)CCc1csc(N)n1)c1nc2c(s1)CCCC2. The number of anilines is 1. The summed E-state index contributed by atoms with van der Waals surface area (Å²) >= 11 is 3.16. The standard InChI is InChI=1S/C15H20N4OS2/c1-9(14-19-11-4-2-3-5-12(11)22-14)17-13(20)7-6-10-8-21-15(16)18-10/h8-9H,2-7H2,1H3,(H2,16,18)(H,17,20)/t9-/m1/s1. The molecule has 0 spiro atoms. The Morgan fingerprint density at radius 1 is 1.41 bits per heavy atom. The monoisotopic (exact) mass is 336 g/mol. The molecule has 0 bridgehead atoms. The Kier molecular flexibility index (Phi) is 4.73. The first-order valence-electron chi connectivity index (χ1n) is 7.59. The lowest BCUT2D eigenvalue weighted by atomic mass is 10.0. The third-order valence-corrected chi connectivity index (χ3v) is 5.85. The average molecular weight is 336 g/mol. The highest BCUT2D eigenvalue weighted by Gasteiger charge is 2.19. The van der Waals surface area contributed by atoms with Gasteiger partial charge in [0.05, 0.1) is 17.4 Å². The van der Waals surface area contributed by atoms with E-state index in [-0.39, 0.29) is 11.9 Å². The number of nitrogen functional groups attached to an aromatic ring is 1. The minimum absolute atomic E-state index is 0.0244. The smallest absolute Gasteiger partial charge is 0.220 e. The molecule has 1 aliphatic rings. The van der Waals surface area contributed by atoms with Gasteiger partial charge in [0, 0.05) is 16.7 Å². The number of carbonyl (C=O) groups excluding carboxylic acids is 1. The summed E-state index contributed by atoms with van der Waals surface area (Å²) in [4.78, 5) is 22.3. The highest BCUT2D eigenvalue weighted by Crippen LogP contribution is 2.29. The molecule has 118 valence electrons. The Morgan fingerprint density at radius 2 is 2.23 bits per heavy atom. The number of nitrogens with zero attached hydrogens (tertiary/aromatic N) is 2. The van der Waals surface area contributed by atoms with E-state index in [1.54, 1.807) is 11.3 Å². The van der Waals surface area contributed by atoms with Crippen LogP contribution in [0.25, 0.3) is 0 Å². The van der Waals surface area contributed by atoms with Gasteiger partial charge in [-0.1, -0.05) is 0 Å². The van der Waals surface area contributed by atoms with Crippen molar-refractivity contribution in [2.24, 2.45) is 0 Å². The van der Waals surface area contributed by atoms with Crippen molar-refractivity contribution in [3.05, 3.63) is 26.7 Å². The van der Waals surface area contributed by atoms with Crippen molar-refractivity contribution >= 4 is 33.7 Å². The van der Waals surface area contributed by atoms with E-state index < -0.39 is 0 Å². The van der Waals surface area contributed by atoms with Crippen molar-refractivity contribution in [3.63, 3.8) is 0 Å². The maximum atomic E-state index is 12.1. The molecule has 2 aromatic rings. The zero-order valence-corrected chi connectivity index (χ0v) is 14.2. The number of hydrogen-bond donors (Lipinski definition) is 2. The van der Waals surface area contributed by atoms with Gasteiger partial charge in [0.2, 0.25) is 5.91 Å². The van der Waals surface area contributed by atoms with Crippen LogP contribution in [-0.2, 0) is 24.1 Å². The van der Waals surface area contributed by atoms with E-state index in [2.05, 4.69) is 10.3 Å². The fraction of sp³-hybridized carbons (Fsp3) is 0.533. The Balaban J connectivity index is 1.53. The second-order valence-corrected chi connectivity index (χ2v) is 7.60. The van der Waals surface area contributed by atoms with E-state index in [1.165, 1.54) is 34.7 Å². The summed E-state index contributed by atoms with van der Waals surface area (Å²) in [5.41, 5.74) is 7.71. The molecule has 0 aliphatic heterocycles. The van der Waals surface area contributed by atoms with E-state index in [0.717, 1.165) is 23.5 Å². The lowest BCUT2D eigenvalue weighted by Crippen LogP contribution is -2.26. The molecule has 3 N–H and O–H groups in total. The van der Waals surface area contributed by atoms with Gasteiger partial charge in [0.15, 0.2) is 5.13 Å². The fourth-order valence-electron chi connectivity index (χ4n) is 2.61. The number of carbonyl (C=O) groups is 1. The van der Waals surface area contributed by atoms with E-state index in [0.29, 0.717) is 18.0 Å². The Bertz CT molecular complexity index is 641. The summed E-state index contributed by atoms with van der Waals surface area (Å²) in [7, 11) is 0. The van der Waals surface area contributed by atoms with Crippen LogP contribution in [0.15, 0.2) is 5.38 Å². The summed E-state index contributed by atoms with van der Waals surface area (Å²) in [6.07, 6.45) is 5.76. The van der Waals surface area contributed by atoms with E-state index in [1.807, 2.05) is 12.3 Å². The van der Waals surface area contributed by atoms with Gasteiger partial charge in [-0.25, -0.2) is 9.97 Å². The van der Waals surface area contributed by atoms with Gasteiger partial charge >= 0.3 is 0 Å². The molecule has 1 amide bonds. The predicted octanol–water partition coefficient (Wildman–Crippen LogP) is 2.87. The van der Waals surface area contributed by atoms with Crippen LogP contribution in [0.4, 0.5) is 5.13 Å². The van der Waals surface area contributed by atoms with Crippen LogP contribution in [-0.4, -0.2) is 15.9 Å². The van der Waals surface area contributed by atoms with Gasteiger partial charge in [0.1, 0.15) is 5.01 Å². The summed E-state index contributed by atoms with van der Waals surface area (Å²) < 4.78 is 0. The molecule has 1 atom stereocenters. The first-order valence-corrected chi connectivity index (χ1v) is 9.29. The van der Waals surface area contributed by atoms with Gasteiger partial charge < -0.3 is 11.1 Å². The van der Waals surface area contributed by atoms with Crippen LogP contribution in [0.5, 0.6) is 0 Å². The van der Waals surface area contributed by atoms with Gasteiger partial charge in [0.25, 0.3) is 0 Å². The molecule has 2 aromatic heterocycles. The number of amides is 1. The molecule has 0 aromatic carbocycles.